The highest BCUT2D eigenvalue weighted by Gasteiger charge is 2.32. The summed E-state index contributed by atoms with van der Waals surface area (Å²) in [5.74, 6) is 2.70. The van der Waals surface area contributed by atoms with Gasteiger partial charge < -0.3 is 15.0 Å². The molecule has 0 radical (unpaired) electrons. The Morgan fingerprint density at radius 1 is 1.18 bits per heavy atom. The molecule has 3 atom stereocenters. The first kappa shape index (κ1) is 11.9. The van der Waals surface area contributed by atoms with E-state index in [1.807, 2.05) is 0 Å². The van der Waals surface area contributed by atoms with Gasteiger partial charge in [0.05, 0.1) is 0 Å². The minimum absolute atomic E-state index is 0.865. The van der Waals surface area contributed by atoms with E-state index in [0.717, 1.165) is 31.0 Å². The molecular weight excluding hydrogens is 212 g/mol. The maximum atomic E-state index is 5.53. The molecule has 98 valence electrons. The number of rotatable bonds is 3. The molecule has 3 nitrogen and oxygen atoms in total. The lowest BCUT2D eigenvalue weighted by Crippen LogP contribution is -2.37. The highest BCUT2D eigenvalue weighted by atomic mass is 16.5. The highest BCUT2D eigenvalue weighted by Crippen LogP contribution is 2.30. The topological polar surface area (TPSA) is 24.5 Å². The normalized spacial score (nSPS) is 39.9. The van der Waals surface area contributed by atoms with Crippen molar-refractivity contribution in [1.82, 2.24) is 10.2 Å². The lowest BCUT2D eigenvalue weighted by Gasteiger charge is -2.27. The number of hydrogen-bond acceptors (Lipinski definition) is 3. The molecule has 3 unspecified atom stereocenters. The Labute approximate surface area is 105 Å². The van der Waals surface area contributed by atoms with Crippen LogP contribution in [0.4, 0.5) is 0 Å². The molecule has 3 heteroatoms. The van der Waals surface area contributed by atoms with E-state index in [4.69, 9.17) is 4.74 Å². The van der Waals surface area contributed by atoms with E-state index in [1.54, 1.807) is 0 Å². The Bertz CT molecular complexity index is 234. The van der Waals surface area contributed by atoms with Gasteiger partial charge in [-0.15, -0.1) is 0 Å². The van der Waals surface area contributed by atoms with Crippen LogP contribution in [0.15, 0.2) is 0 Å². The van der Waals surface area contributed by atoms with Crippen LogP contribution in [0.2, 0.25) is 0 Å². The zero-order chi connectivity index (χ0) is 11.5. The molecule has 3 rings (SSSR count). The molecule has 3 heterocycles. The fourth-order valence-corrected chi connectivity index (χ4v) is 3.78. The van der Waals surface area contributed by atoms with E-state index in [-0.39, 0.29) is 0 Å². The van der Waals surface area contributed by atoms with Crippen LogP contribution in [0.3, 0.4) is 0 Å². The number of piperidine rings is 1. The SMILES string of the molecule is C1CNCC(CN2CCC(C3CCOC3)C2)C1. The molecule has 3 aliphatic rings. The third-order valence-electron chi connectivity index (χ3n) is 4.86. The van der Waals surface area contributed by atoms with Crippen molar-refractivity contribution >= 4 is 0 Å². The van der Waals surface area contributed by atoms with E-state index in [0.29, 0.717) is 0 Å². The first-order valence-electron chi connectivity index (χ1n) is 7.42. The van der Waals surface area contributed by atoms with Crippen molar-refractivity contribution in [2.24, 2.45) is 17.8 Å². The quantitative estimate of drug-likeness (QED) is 0.803. The average Bonchev–Trinajstić information content (AvgIpc) is 3.00. The van der Waals surface area contributed by atoms with Gasteiger partial charge in [-0.25, -0.2) is 0 Å². The fourth-order valence-electron chi connectivity index (χ4n) is 3.78. The van der Waals surface area contributed by atoms with Crippen molar-refractivity contribution in [3.63, 3.8) is 0 Å². The standard InChI is InChI=1S/C14H26N2O/c1-2-12(8-15-5-1)9-16-6-3-13(10-16)14-4-7-17-11-14/h12-15H,1-11H2. The highest BCUT2D eigenvalue weighted by molar-refractivity contribution is 4.84. The van der Waals surface area contributed by atoms with Crippen molar-refractivity contribution in [2.45, 2.75) is 25.7 Å². The fraction of sp³-hybridized carbons (Fsp3) is 1.00. The molecular formula is C14H26N2O. The molecule has 0 aromatic heterocycles. The van der Waals surface area contributed by atoms with Crippen LogP contribution in [0.1, 0.15) is 25.7 Å². The molecule has 3 fully saturated rings. The van der Waals surface area contributed by atoms with Gasteiger partial charge in [-0.3, -0.25) is 0 Å². The summed E-state index contributed by atoms with van der Waals surface area (Å²) in [5.41, 5.74) is 0. The van der Waals surface area contributed by atoms with Crippen LogP contribution in [0.5, 0.6) is 0 Å². The van der Waals surface area contributed by atoms with Crippen LogP contribution in [0.25, 0.3) is 0 Å². The molecule has 17 heavy (non-hydrogen) atoms. The van der Waals surface area contributed by atoms with E-state index in [9.17, 15) is 0 Å². The van der Waals surface area contributed by atoms with Crippen LogP contribution in [-0.4, -0.2) is 50.8 Å². The predicted octanol–water partition coefficient (Wildman–Crippen LogP) is 1.34. The average molecular weight is 238 g/mol. The number of hydrogen-bond donors (Lipinski definition) is 1. The summed E-state index contributed by atoms with van der Waals surface area (Å²) in [4.78, 5) is 2.71. The van der Waals surface area contributed by atoms with Gasteiger partial charge in [-0.05, 0) is 63.1 Å². The second-order valence-electron chi connectivity index (χ2n) is 6.14. The molecule has 0 aliphatic carbocycles. The number of ether oxygens (including phenoxy) is 1. The van der Waals surface area contributed by atoms with Gasteiger partial charge in [0.2, 0.25) is 0 Å². The van der Waals surface area contributed by atoms with Gasteiger partial charge >= 0.3 is 0 Å². The first-order chi connectivity index (χ1) is 8.42. The molecule has 3 aliphatic heterocycles. The van der Waals surface area contributed by atoms with E-state index < -0.39 is 0 Å². The Hall–Kier alpha value is -0.120. The summed E-state index contributed by atoms with van der Waals surface area (Å²) < 4.78 is 5.53. The lowest BCUT2D eigenvalue weighted by atomic mass is 9.91. The largest absolute Gasteiger partial charge is 0.381 e. The van der Waals surface area contributed by atoms with Gasteiger partial charge in [0.25, 0.3) is 0 Å². The molecule has 0 aromatic rings. The second-order valence-corrected chi connectivity index (χ2v) is 6.14. The van der Waals surface area contributed by atoms with Crippen LogP contribution in [-0.2, 0) is 4.74 Å². The third-order valence-corrected chi connectivity index (χ3v) is 4.86. The molecule has 1 N–H and O–H groups in total. The van der Waals surface area contributed by atoms with Crippen molar-refractivity contribution < 1.29 is 4.74 Å². The molecule has 0 amide bonds. The molecule has 3 saturated heterocycles. The van der Waals surface area contributed by atoms with Crippen molar-refractivity contribution in [1.29, 1.82) is 0 Å². The van der Waals surface area contributed by atoms with Gasteiger partial charge in [-0.1, -0.05) is 0 Å². The third kappa shape index (κ3) is 3.01. The molecule has 0 saturated carbocycles. The first-order valence-corrected chi connectivity index (χ1v) is 7.42. The van der Waals surface area contributed by atoms with Gasteiger partial charge in [0, 0.05) is 26.3 Å². The Balaban J connectivity index is 1.43. The van der Waals surface area contributed by atoms with Crippen LogP contribution in [0, 0.1) is 17.8 Å². The second kappa shape index (κ2) is 5.68. The maximum absolute atomic E-state index is 5.53. The lowest BCUT2D eigenvalue weighted by molar-refractivity contribution is 0.169. The number of nitrogens with zero attached hydrogens (tertiary/aromatic N) is 1. The molecule has 0 spiro atoms. The van der Waals surface area contributed by atoms with E-state index in [1.165, 1.54) is 58.4 Å². The minimum atomic E-state index is 0.865. The van der Waals surface area contributed by atoms with Gasteiger partial charge in [0.1, 0.15) is 0 Å². The molecule has 0 aromatic carbocycles. The van der Waals surface area contributed by atoms with Gasteiger partial charge in [-0.2, -0.15) is 0 Å². The van der Waals surface area contributed by atoms with E-state index in [2.05, 4.69) is 10.2 Å². The Morgan fingerprint density at radius 2 is 2.18 bits per heavy atom. The van der Waals surface area contributed by atoms with Crippen molar-refractivity contribution in [2.75, 3.05) is 45.9 Å². The summed E-state index contributed by atoms with van der Waals surface area (Å²) in [7, 11) is 0. The monoisotopic (exact) mass is 238 g/mol. The smallest absolute Gasteiger partial charge is 0.0498 e. The summed E-state index contributed by atoms with van der Waals surface area (Å²) in [6.45, 7) is 8.52. The van der Waals surface area contributed by atoms with Gasteiger partial charge in [0.15, 0.2) is 0 Å². The van der Waals surface area contributed by atoms with Crippen LogP contribution >= 0.6 is 0 Å². The summed E-state index contributed by atoms with van der Waals surface area (Å²) in [5, 5.41) is 3.53. The zero-order valence-corrected chi connectivity index (χ0v) is 10.9. The van der Waals surface area contributed by atoms with Crippen LogP contribution < -0.4 is 5.32 Å². The number of likely N-dealkylation sites (tertiary alicyclic amines) is 1. The zero-order valence-electron chi connectivity index (χ0n) is 10.9. The summed E-state index contributed by atoms with van der Waals surface area (Å²) >= 11 is 0. The summed E-state index contributed by atoms with van der Waals surface area (Å²) in [6.07, 6.45) is 5.52. The van der Waals surface area contributed by atoms with Crippen molar-refractivity contribution in [3.05, 3.63) is 0 Å². The summed E-state index contributed by atoms with van der Waals surface area (Å²) in [6, 6.07) is 0. The van der Waals surface area contributed by atoms with E-state index >= 15 is 0 Å². The van der Waals surface area contributed by atoms with Crippen molar-refractivity contribution in [3.8, 4) is 0 Å². The maximum Gasteiger partial charge on any atom is 0.0498 e. The minimum Gasteiger partial charge on any atom is -0.381 e. The Kier molecular flexibility index (Phi) is 3.99. The predicted molar refractivity (Wildman–Crippen MR) is 69.1 cm³/mol. The molecule has 0 bridgehead atoms. The number of nitrogens with one attached hydrogen (secondary N) is 1. The Morgan fingerprint density at radius 3 is 2.94 bits per heavy atom.